The highest BCUT2D eigenvalue weighted by Crippen LogP contribution is 2.45. The van der Waals surface area contributed by atoms with Crippen LogP contribution in [0.15, 0.2) is 115 Å². The van der Waals surface area contributed by atoms with Gasteiger partial charge in [-0.2, -0.15) is 0 Å². The summed E-state index contributed by atoms with van der Waals surface area (Å²) in [5.74, 6) is -1.60. The second-order valence-corrected chi connectivity index (χ2v) is 9.23. The molecular weight excluding hydrogens is 492 g/mol. The van der Waals surface area contributed by atoms with Crippen molar-refractivity contribution in [2.24, 2.45) is 0 Å². The molecule has 1 aliphatic rings. The molecule has 2 heterocycles. The van der Waals surface area contributed by atoms with Crippen LogP contribution in [0.2, 0.25) is 0 Å². The van der Waals surface area contributed by atoms with Gasteiger partial charge in [0.25, 0.3) is 11.8 Å². The number of hydrogen-bond acceptors (Lipinski definition) is 5. The Morgan fingerprint density at radius 2 is 1.05 bits per heavy atom. The zero-order valence-corrected chi connectivity index (χ0v) is 20.9. The molecule has 190 valence electrons. The highest BCUT2D eigenvalue weighted by molar-refractivity contribution is 6.34. The summed E-state index contributed by atoms with van der Waals surface area (Å²) in [4.78, 5) is 39.6. The average molecular weight is 515 g/mol. The molecule has 0 radical (unpaired) electrons. The van der Waals surface area contributed by atoms with Gasteiger partial charge >= 0.3 is 5.69 Å². The monoisotopic (exact) mass is 514 g/mol. The summed E-state index contributed by atoms with van der Waals surface area (Å²) in [5, 5.41) is 17.3. The van der Waals surface area contributed by atoms with Gasteiger partial charge in [0, 0.05) is 0 Å². The largest absolute Gasteiger partial charge is 0.334 e. The van der Waals surface area contributed by atoms with Crippen LogP contribution in [-0.4, -0.2) is 26.5 Å². The predicted octanol–water partition coefficient (Wildman–Crippen LogP) is 5.74. The molecule has 0 atom stereocenters. The molecule has 0 unspecified atom stereocenters. The normalized spacial score (nSPS) is 13.0. The highest BCUT2D eigenvalue weighted by atomic mass is 16.6. The lowest BCUT2D eigenvalue weighted by Gasteiger charge is -2.37. The molecule has 39 heavy (non-hydrogen) atoms. The first-order valence-corrected chi connectivity index (χ1v) is 12.3. The van der Waals surface area contributed by atoms with Crippen molar-refractivity contribution in [1.82, 2.24) is 9.78 Å². The van der Waals surface area contributed by atoms with E-state index in [0.717, 1.165) is 21.6 Å². The van der Waals surface area contributed by atoms with E-state index in [4.69, 9.17) is 5.10 Å². The Kier molecular flexibility index (Phi) is 5.65. The van der Waals surface area contributed by atoms with Crippen LogP contribution in [0.1, 0.15) is 43.1 Å². The fraction of sp³-hybridized carbons (Fsp3) is 0.0645. The maximum Gasteiger partial charge on any atom is 0.334 e. The summed E-state index contributed by atoms with van der Waals surface area (Å²) in [6, 6.07) is 35.1. The molecule has 6 rings (SSSR count). The molecule has 0 saturated heterocycles. The van der Waals surface area contributed by atoms with E-state index >= 15 is 0 Å². The molecule has 1 aromatic heterocycles. The van der Waals surface area contributed by atoms with Gasteiger partial charge in [-0.05, 0) is 35.7 Å². The Bertz CT molecular complexity index is 1600. The minimum atomic E-state index is -1.16. The van der Waals surface area contributed by atoms with Crippen molar-refractivity contribution in [3.8, 4) is 0 Å². The van der Waals surface area contributed by atoms with Crippen molar-refractivity contribution >= 4 is 23.3 Å². The first-order chi connectivity index (χ1) is 19.0. The molecule has 8 heteroatoms. The second-order valence-electron chi connectivity index (χ2n) is 9.23. The third kappa shape index (κ3) is 3.49. The van der Waals surface area contributed by atoms with Gasteiger partial charge in [0.1, 0.15) is 11.2 Å². The van der Waals surface area contributed by atoms with Gasteiger partial charge in [-0.15, -0.1) is 5.10 Å². The molecule has 0 aliphatic carbocycles. The molecule has 0 spiro atoms. The van der Waals surface area contributed by atoms with Crippen LogP contribution in [-0.2, 0) is 5.54 Å². The van der Waals surface area contributed by atoms with Crippen LogP contribution in [0.4, 0.5) is 11.5 Å². The van der Waals surface area contributed by atoms with Crippen LogP contribution in [0.3, 0.4) is 0 Å². The minimum absolute atomic E-state index is 0.185. The quantitative estimate of drug-likeness (QED) is 0.125. The molecule has 4 aromatic carbocycles. The third-order valence-corrected chi connectivity index (χ3v) is 7.15. The van der Waals surface area contributed by atoms with E-state index in [9.17, 15) is 19.7 Å². The van der Waals surface area contributed by atoms with Gasteiger partial charge in [-0.3, -0.25) is 19.7 Å². The van der Waals surface area contributed by atoms with Crippen LogP contribution < -0.4 is 4.90 Å². The smallest absolute Gasteiger partial charge is 0.268 e. The van der Waals surface area contributed by atoms with Gasteiger partial charge in [-0.1, -0.05) is 103 Å². The van der Waals surface area contributed by atoms with Gasteiger partial charge in [0.2, 0.25) is 5.82 Å². The van der Waals surface area contributed by atoms with E-state index in [0.29, 0.717) is 0 Å². The number of aromatic nitrogens is 2. The van der Waals surface area contributed by atoms with E-state index in [1.165, 1.54) is 12.1 Å². The number of rotatable bonds is 6. The number of nitro groups is 1. The third-order valence-electron chi connectivity index (χ3n) is 7.15. The lowest BCUT2D eigenvalue weighted by molar-refractivity contribution is -0.384. The van der Waals surface area contributed by atoms with Crippen molar-refractivity contribution < 1.29 is 14.5 Å². The topological polar surface area (TPSA) is 98.3 Å². The first-order valence-electron chi connectivity index (χ1n) is 12.3. The molecular formula is C31H22N4O4. The van der Waals surface area contributed by atoms with Crippen molar-refractivity contribution in [2.45, 2.75) is 12.5 Å². The van der Waals surface area contributed by atoms with E-state index in [-0.39, 0.29) is 22.6 Å². The van der Waals surface area contributed by atoms with Gasteiger partial charge in [0.15, 0.2) is 0 Å². The molecule has 1 aliphatic heterocycles. The average Bonchev–Trinajstić information content (AvgIpc) is 3.44. The van der Waals surface area contributed by atoms with Gasteiger partial charge < -0.3 is 0 Å². The summed E-state index contributed by atoms with van der Waals surface area (Å²) < 4.78 is 1.57. The maximum atomic E-state index is 13.4. The SMILES string of the molecule is Cc1c([N+](=O)[O-])c(N2C(=O)c3ccccc3C2=O)nn1C(c1ccccc1)(c1ccccc1)c1ccccc1. The lowest BCUT2D eigenvalue weighted by atomic mass is 9.77. The Morgan fingerprint density at radius 1 is 0.667 bits per heavy atom. The van der Waals surface area contributed by atoms with Crippen molar-refractivity contribution in [1.29, 1.82) is 0 Å². The molecule has 5 aromatic rings. The van der Waals surface area contributed by atoms with Crippen molar-refractivity contribution in [3.05, 3.63) is 159 Å². The number of benzene rings is 4. The number of amides is 2. The van der Waals surface area contributed by atoms with Crippen molar-refractivity contribution in [2.75, 3.05) is 4.90 Å². The first kappa shape index (κ1) is 24.0. The van der Waals surface area contributed by atoms with Crippen LogP contribution >= 0.6 is 0 Å². The number of fused-ring (bicyclic) bond motifs is 1. The summed E-state index contributed by atoms with van der Waals surface area (Å²) in [7, 11) is 0. The Labute approximate surface area is 223 Å². The molecule has 2 amide bonds. The summed E-state index contributed by atoms with van der Waals surface area (Å²) in [5.41, 5.74) is 1.41. The number of carbonyl (C=O) groups is 2. The van der Waals surface area contributed by atoms with E-state index < -0.39 is 28.0 Å². The number of nitrogens with zero attached hydrogens (tertiary/aromatic N) is 4. The minimum Gasteiger partial charge on any atom is -0.268 e. The predicted molar refractivity (Wildman–Crippen MR) is 146 cm³/mol. The van der Waals surface area contributed by atoms with E-state index in [2.05, 4.69) is 0 Å². The fourth-order valence-corrected chi connectivity index (χ4v) is 5.46. The molecule has 0 bridgehead atoms. The number of anilines is 1. The van der Waals surface area contributed by atoms with Crippen molar-refractivity contribution in [3.63, 3.8) is 0 Å². The summed E-state index contributed by atoms with van der Waals surface area (Å²) in [6.45, 7) is 1.59. The number of carbonyl (C=O) groups excluding carboxylic acids is 2. The van der Waals surface area contributed by atoms with Crippen LogP contribution in [0.5, 0.6) is 0 Å². The molecule has 0 fully saturated rings. The van der Waals surface area contributed by atoms with Gasteiger partial charge in [-0.25, -0.2) is 9.58 Å². The van der Waals surface area contributed by atoms with E-state index in [1.807, 2.05) is 91.0 Å². The van der Waals surface area contributed by atoms with Crippen LogP contribution in [0, 0.1) is 17.0 Å². The fourth-order valence-electron chi connectivity index (χ4n) is 5.46. The molecule has 0 saturated carbocycles. The Hall–Kier alpha value is -5.37. The standard InChI is InChI=1S/C31H22N4O4/c1-21-27(35(38)39)28(33-29(36)25-19-11-12-20-26(25)30(33)37)32-34(21)31(22-13-5-2-6-14-22,23-15-7-3-8-16-23)24-17-9-4-10-18-24/h2-20H,1H3. The maximum absolute atomic E-state index is 13.4. The second kappa shape index (κ2) is 9.18. The van der Waals surface area contributed by atoms with Crippen LogP contribution in [0.25, 0.3) is 0 Å². The molecule has 8 nitrogen and oxygen atoms in total. The molecule has 0 N–H and O–H groups in total. The number of hydrogen-bond donors (Lipinski definition) is 0. The number of imide groups is 1. The van der Waals surface area contributed by atoms with Gasteiger partial charge in [0.05, 0.1) is 16.1 Å². The zero-order valence-electron chi connectivity index (χ0n) is 20.9. The summed E-state index contributed by atoms with van der Waals surface area (Å²) >= 11 is 0. The van der Waals surface area contributed by atoms with E-state index in [1.54, 1.807) is 23.7 Å². The Balaban J connectivity index is 1.71. The zero-order chi connectivity index (χ0) is 27.1. The highest BCUT2D eigenvalue weighted by Gasteiger charge is 2.47. The lowest BCUT2D eigenvalue weighted by Crippen LogP contribution is -2.39. The Morgan fingerprint density at radius 3 is 1.44 bits per heavy atom. The summed E-state index contributed by atoms with van der Waals surface area (Å²) in [6.07, 6.45) is 0.